The van der Waals surface area contributed by atoms with Crippen LogP contribution in [0.25, 0.3) is 5.82 Å². The molecule has 0 spiro atoms. The molecule has 0 aliphatic heterocycles. The summed E-state index contributed by atoms with van der Waals surface area (Å²) < 4.78 is 2.15. The molecule has 0 saturated heterocycles. The van der Waals surface area contributed by atoms with Crippen molar-refractivity contribution in [1.82, 2.24) is 14.8 Å². The van der Waals surface area contributed by atoms with Crippen molar-refractivity contribution in [2.75, 3.05) is 5.73 Å². The Morgan fingerprint density at radius 2 is 2.25 bits per heavy atom. The standard InChI is InChI=1S/C9H7BrN4O2/c10-5-1-2-7(12-3-5)14-4-6(11)8(13-14)9(15)16/h1-4H,11H2,(H,15,16). The van der Waals surface area contributed by atoms with Crippen molar-refractivity contribution in [3.63, 3.8) is 0 Å². The Labute approximate surface area is 98.8 Å². The number of halogens is 1. The highest BCUT2D eigenvalue weighted by Gasteiger charge is 2.14. The third kappa shape index (κ3) is 1.89. The minimum atomic E-state index is -1.16. The van der Waals surface area contributed by atoms with Crippen LogP contribution in [0.4, 0.5) is 5.69 Å². The van der Waals surface area contributed by atoms with Gasteiger partial charge in [0.05, 0.1) is 11.9 Å². The van der Waals surface area contributed by atoms with Crippen molar-refractivity contribution in [3.05, 3.63) is 34.7 Å². The van der Waals surface area contributed by atoms with Crippen molar-refractivity contribution in [2.45, 2.75) is 0 Å². The number of hydrogen-bond donors (Lipinski definition) is 2. The van der Waals surface area contributed by atoms with Gasteiger partial charge in [0.15, 0.2) is 11.5 Å². The van der Waals surface area contributed by atoms with Crippen LogP contribution >= 0.6 is 15.9 Å². The zero-order chi connectivity index (χ0) is 11.7. The van der Waals surface area contributed by atoms with Gasteiger partial charge >= 0.3 is 5.97 Å². The van der Waals surface area contributed by atoms with Crippen LogP contribution in [0.1, 0.15) is 10.5 Å². The lowest BCUT2D eigenvalue weighted by Crippen LogP contribution is -2.03. The second kappa shape index (κ2) is 3.93. The predicted molar refractivity (Wildman–Crippen MR) is 60.4 cm³/mol. The summed E-state index contributed by atoms with van der Waals surface area (Å²) in [7, 11) is 0. The van der Waals surface area contributed by atoms with Crippen LogP contribution in [0.15, 0.2) is 29.0 Å². The first-order valence-electron chi connectivity index (χ1n) is 4.28. The minimum absolute atomic E-state index is 0.109. The first-order valence-corrected chi connectivity index (χ1v) is 5.07. The van der Waals surface area contributed by atoms with Gasteiger partial charge in [0, 0.05) is 10.7 Å². The van der Waals surface area contributed by atoms with Crippen LogP contribution < -0.4 is 5.73 Å². The van der Waals surface area contributed by atoms with E-state index < -0.39 is 5.97 Å². The zero-order valence-corrected chi connectivity index (χ0v) is 9.55. The number of carbonyl (C=O) groups is 1. The van der Waals surface area contributed by atoms with Crippen molar-refractivity contribution in [3.8, 4) is 5.82 Å². The van der Waals surface area contributed by atoms with Gasteiger partial charge in [-0.1, -0.05) is 0 Å². The number of nitrogen functional groups attached to an aromatic ring is 1. The Morgan fingerprint density at radius 1 is 1.50 bits per heavy atom. The number of nitrogens with zero attached hydrogens (tertiary/aromatic N) is 3. The average molecular weight is 283 g/mol. The van der Waals surface area contributed by atoms with E-state index in [1.807, 2.05) is 0 Å². The van der Waals surface area contributed by atoms with Gasteiger partial charge in [0.1, 0.15) is 0 Å². The maximum atomic E-state index is 10.7. The number of pyridine rings is 1. The number of carboxylic acid groups (broad SMARTS) is 1. The third-order valence-electron chi connectivity index (χ3n) is 1.89. The lowest BCUT2D eigenvalue weighted by atomic mass is 10.4. The fourth-order valence-electron chi connectivity index (χ4n) is 1.17. The van der Waals surface area contributed by atoms with Crippen molar-refractivity contribution in [2.24, 2.45) is 0 Å². The number of aromatic carboxylic acids is 1. The van der Waals surface area contributed by atoms with Crippen LogP contribution in [0.5, 0.6) is 0 Å². The molecule has 2 heterocycles. The van der Waals surface area contributed by atoms with Gasteiger partial charge in [-0.15, -0.1) is 0 Å². The molecule has 0 radical (unpaired) electrons. The fourth-order valence-corrected chi connectivity index (χ4v) is 1.41. The van der Waals surface area contributed by atoms with Crippen LogP contribution in [-0.2, 0) is 0 Å². The molecule has 0 aromatic carbocycles. The molecule has 16 heavy (non-hydrogen) atoms. The van der Waals surface area contributed by atoms with Gasteiger partial charge in [-0.3, -0.25) is 0 Å². The summed E-state index contributed by atoms with van der Waals surface area (Å²) in [6, 6.07) is 3.47. The first kappa shape index (κ1) is 10.6. The van der Waals surface area contributed by atoms with E-state index in [-0.39, 0.29) is 11.4 Å². The molecule has 0 amide bonds. The van der Waals surface area contributed by atoms with E-state index in [9.17, 15) is 4.79 Å². The molecule has 2 rings (SSSR count). The highest BCUT2D eigenvalue weighted by atomic mass is 79.9. The summed E-state index contributed by atoms with van der Waals surface area (Å²) in [5.41, 5.74) is 5.44. The van der Waals surface area contributed by atoms with Gasteiger partial charge in [-0.25, -0.2) is 14.5 Å². The number of rotatable bonds is 2. The second-order valence-electron chi connectivity index (χ2n) is 3.02. The lowest BCUT2D eigenvalue weighted by molar-refractivity contribution is 0.0691. The van der Waals surface area contributed by atoms with Crippen LogP contribution in [0, 0.1) is 0 Å². The molecule has 7 heteroatoms. The monoisotopic (exact) mass is 282 g/mol. The summed E-state index contributed by atoms with van der Waals surface area (Å²) in [5, 5.41) is 12.6. The molecule has 2 aromatic rings. The van der Waals surface area contributed by atoms with Crippen molar-refractivity contribution < 1.29 is 9.90 Å². The van der Waals surface area contributed by atoms with Crippen LogP contribution in [-0.4, -0.2) is 25.8 Å². The molecule has 0 aliphatic rings. The Kier molecular flexibility index (Phi) is 2.61. The molecule has 6 nitrogen and oxygen atoms in total. The number of nitrogens with two attached hydrogens (primary N) is 1. The summed E-state index contributed by atoms with van der Waals surface area (Å²) in [5.74, 6) is -0.657. The molecular weight excluding hydrogens is 276 g/mol. The summed E-state index contributed by atoms with van der Waals surface area (Å²) in [6.07, 6.45) is 3.01. The smallest absolute Gasteiger partial charge is 0.358 e. The normalized spacial score (nSPS) is 10.3. The molecule has 0 fully saturated rings. The van der Waals surface area contributed by atoms with Crippen LogP contribution in [0.3, 0.4) is 0 Å². The quantitative estimate of drug-likeness (QED) is 0.866. The van der Waals surface area contributed by atoms with Gasteiger partial charge in [-0.2, -0.15) is 5.10 Å². The Morgan fingerprint density at radius 3 is 2.75 bits per heavy atom. The Bertz CT molecular complexity index is 535. The van der Waals surface area contributed by atoms with E-state index >= 15 is 0 Å². The molecular formula is C9H7BrN4O2. The summed E-state index contributed by atoms with van der Waals surface area (Å²) in [6.45, 7) is 0. The van der Waals surface area contributed by atoms with Crippen LogP contribution in [0.2, 0.25) is 0 Å². The Balaban J connectivity index is 2.45. The minimum Gasteiger partial charge on any atom is -0.476 e. The van der Waals surface area contributed by atoms with Crippen molar-refractivity contribution in [1.29, 1.82) is 0 Å². The van der Waals surface area contributed by atoms with Crippen molar-refractivity contribution >= 4 is 27.6 Å². The highest BCUT2D eigenvalue weighted by Crippen LogP contribution is 2.14. The first-order chi connectivity index (χ1) is 7.58. The van der Waals surface area contributed by atoms with Gasteiger partial charge < -0.3 is 10.8 Å². The molecule has 0 bridgehead atoms. The molecule has 0 atom stereocenters. The average Bonchev–Trinajstić information content (AvgIpc) is 2.61. The van der Waals surface area contributed by atoms with Gasteiger partial charge in [0.2, 0.25) is 0 Å². The summed E-state index contributed by atoms with van der Waals surface area (Å²) >= 11 is 3.25. The largest absolute Gasteiger partial charge is 0.476 e. The van der Waals surface area contributed by atoms with Gasteiger partial charge in [0.25, 0.3) is 0 Å². The zero-order valence-electron chi connectivity index (χ0n) is 7.96. The maximum Gasteiger partial charge on any atom is 0.358 e. The van der Waals surface area contributed by atoms with E-state index in [1.165, 1.54) is 10.9 Å². The molecule has 2 aromatic heterocycles. The number of hydrogen-bond acceptors (Lipinski definition) is 4. The number of carboxylic acids is 1. The summed E-state index contributed by atoms with van der Waals surface area (Å²) in [4.78, 5) is 14.8. The van der Waals surface area contributed by atoms with E-state index in [1.54, 1.807) is 18.3 Å². The maximum absolute atomic E-state index is 10.7. The van der Waals surface area contributed by atoms with E-state index in [0.29, 0.717) is 5.82 Å². The van der Waals surface area contributed by atoms with E-state index in [0.717, 1.165) is 4.47 Å². The number of aromatic nitrogens is 3. The van der Waals surface area contributed by atoms with Gasteiger partial charge in [-0.05, 0) is 28.1 Å². The predicted octanol–water partition coefficient (Wildman–Crippen LogP) is 1.31. The second-order valence-corrected chi connectivity index (χ2v) is 3.93. The fraction of sp³-hybridized carbons (Fsp3) is 0. The molecule has 3 N–H and O–H groups in total. The Hall–Kier alpha value is -1.89. The molecule has 82 valence electrons. The third-order valence-corrected chi connectivity index (χ3v) is 2.36. The lowest BCUT2D eigenvalue weighted by Gasteiger charge is -1.98. The topological polar surface area (TPSA) is 94.0 Å². The molecule has 0 saturated carbocycles. The van der Waals surface area contributed by atoms with E-state index in [2.05, 4.69) is 26.0 Å². The van der Waals surface area contributed by atoms with E-state index in [4.69, 9.17) is 10.8 Å². The number of anilines is 1. The highest BCUT2D eigenvalue weighted by molar-refractivity contribution is 9.10. The molecule has 0 unspecified atom stereocenters. The molecule has 0 aliphatic carbocycles. The SMILES string of the molecule is Nc1cn(-c2ccc(Br)cn2)nc1C(=O)O.